The van der Waals surface area contributed by atoms with Crippen LogP contribution in [0.4, 0.5) is 0 Å². The van der Waals surface area contributed by atoms with E-state index in [-0.39, 0.29) is 11.6 Å². The number of hydrogen-bond donors (Lipinski definition) is 3. The number of benzene rings is 1. The highest BCUT2D eigenvalue weighted by Gasteiger charge is 2.06. The zero-order valence-corrected chi connectivity index (χ0v) is 9.99. The number of nitrogens with one attached hydrogen (secondary N) is 2. The molecule has 0 spiro atoms. The molecule has 0 aliphatic carbocycles. The van der Waals surface area contributed by atoms with Crippen LogP contribution in [0.1, 0.15) is 0 Å². The van der Waals surface area contributed by atoms with Gasteiger partial charge in [-0.1, -0.05) is 18.3 Å². The summed E-state index contributed by atoms with van der Waals surface area (Å²) in [5.74, 6) is 0.466. The Kier molecular flexibility index (Phi) is 3.28. The number of thiocarbonyl (C=S) groups is 1. The van der Waals surface area contributed by atoms with Crippen molar-refractivity contribution in [3.05, 3.63) is 45.2 Å². The van der Waals surface area contributed by atoms with Crippen molar-refractivity contribution in [1.29, 1.82) is 0 Å². The monoisotopic (exact) mass is 266 g/mol. The molecule has 18 heavy (non-hydrogen) atoms. The number of ether oxygens (including phenoxy) is 1. The van der Waals surface area contributed by atoms with Crippen molar-refractivity contribution in [3.63, 3.8) is 0 Å². The molecular weight excluding hydrogens is 256 g/mol. The van der Waals surface area contributed by atoms with Gasteiger partial charge in [0.15, 0.2) is 0 Å². The predicted molar refractivity (Wildman–Crippen MR) is 69.3 cm³/mol. The predicted octanol–water partition coefficient (Wildman–Crippen LogP) is -0.481. The number of hydrogen-bond acceptors (Lipinski definition) is 4. The summed E-state index contributed by atoms with van der Waals surface area (Å²) in [5, 5.41) is 4.39. The maximum atomic E-state index is 11.4. The van der Waals surface area contributed by atoms with Crippen molar-refractivity contribution in [2.24, 2.45) is 5.73 Å². The lowest BCUT2D eigenvalue weighted by molar-refractivity contribution is 0.377. The van der Waals surface area contributed by atoms with E-state index in [0.29, 0.717) is 11.4 Å². The lowest BCUT2D eigenvalue weighted by atomic mass is 10.3. The second-order valence-corrected chi connectivity index (χ2v) is 3.97. The van der Waals surface area contributed by atoms with Gasteiger partial charge in [-0.3, -0.25) is 0 Å². The van der Waals surface area contributed by atoms with Crippen molar-refractivity contribution < 1.29 is 4.74 Å². The lowest BCUT2D eigenvalue weighted by Gasteiger charge is -2.06. The first kappa shape index (κ1) is 12.1. The SMILES string of the molecule is NC(=S)COc1cccc(-n2c(=O)[nH][nH]c2=O)c1. The Hall–Kier alpha value is -2.35. The Morgan fingerprint density at radius 1 is 1.33 bits per heavy atom. The van der Waals surface area contributed by atoms with Crippen molar-refractivity contribution in [1.82, 2.24) is 14.8 Å². The summed E-state index contributed by atoms with van der Waals surface area (Å²) in [6.45, 7) is 0.0944. The van der Waals surface area contributed by atoms with Gasteiger partial charge in [0.05, 0.1) is 5.69 Å². The Bertz CT molecular complexity index is 657. The minimum Gasteiger partial charge on any atom is -0.486 e. The number of aromatic nitrogens is 3. The highest BCUT2D eigenvalue weighted by molar-refractivity contribution is 7.80. The normalized spacial score (nSPS) is 10.2. The summed E-state index contributed by atoms with van der Waals surface area (Å²) in [6.07, 6.45) is 0. The quantitative estimate of drug-likeness (QED) is 0.648. The third kappa shape index (κ3) is 2.48. The summed E-state index contributed by atoms with van der Waals surface area (Å²) in [6, 6.07) is 6.48. The first-order chi connectivity index (χ1) is 8.58. The topological polar surface area (TPSA) is 106 Å². The van der Waals surface area contributed by atoms with E-state index >= 15 is 0 Å². The van der Waals surface area contributed by atoms with Crippen LogP contribution in [0.5, 0.6) is 5.75 Å². The summed E-state index contributed by atoms with van der Waals surface area (Å²) >= 11 is 4.69. The Morgan fingerprint density at radius 2 is 2.00 bits per heavy atom. The molecule has 94 valence electrons. The summed E-state index contributed by atoms with van der Waals surface area (Å²) < 4.78 is 6.23. The molecule has 0 atom stereocenters. The standard InChI is InChI=1S/C10H10N4O3S/c11-8(18)5-17-7-3-1-2-6(4-7)14-9(15)12-13-10(14)16/h1-4H,5H2,(H2,11,18)(H,12,15)(H,13,16). The molecule has 1 heterocycles. The molecule has 0 saturated heterocycles. The Morgan fingerprint density at radius 3 is 2.61 bits per heavy atom. The maximum Gasteiger partial charge on any atom is 0.348 e. The van der Waals surface area contributed by atoms with E-state index in [0.717, 1.165) is 4.57 Å². The van der Waals surface area contributed by atoms with Crippen LogP contribution in [0.15, 0.2) is 33.9 Å². The molecule has 0 radical (unpaired) electrons. The molecular formula is C10H10N4O3S. The molecule has 1 aromatic heterocycles. The van der Waals surface area contributed by atoms with Crippen molar-refractivity contribution >= 4 is 17.2 Å². The molecule has 0 amide bonds. The van der Waals surface area contributed by atoms with Crippen molar-refractivity contribution in [2.75, 3.05) is 6.61 Å². The van der Waals surface area contributed by atoms with Crippen LogP contribution in [0.3, 0.4) is 0 Å². The van der Waals surface area contributed by atoms with E-state index in [4.69, 9.17) is 10.5 Å². The molecule has 1 aromatic carbocycles. The van der Waals surface area contributed by atoms with Gasteiger partial charge in [-0.05, 0) is 12.1 Å². The number of nitrogens with zero attached hydrogens (tertiary/aromatic N) is 1. The second kappa shape index (κ2) is 4.88. The minimum atomic E-state index is -0.550. The molecule has 8 heteroatoms. The first-order valence-corrected chi connectivity index (χ1v) is 5.40. The zero-order valence-electron chi connectivity index (χ0n) is 9.17. The average Bonchev–Trinajstić information content (AvgIpc) is 2.67. The average molecular weight is 266 g/mol. The van der Waals surface area contributed by atoms with Gasteiger partial charge >= 0.3 is 11.4 Å². The van der Waals surface area contributed by atoms with E-state index < -0.39 is 11.4 Å². The second-order valence-electron chi connectivity index (χ2n) is 3.45. The van der Waals surface area contributed by atoms with Gasteiger partial charge in [-0.2, -0.15) is 0 Å². The summed E-state index contributed by atoms with van der Waals surface area (Å²) in [7, 11) is 0. The van der Waals surface area contributed by atoms with E-state index in [1.807, 2.05) is 0 Å². The summed E-state index contributed by atoms with van der Waals surface area (Å²) in [5.41, 5.74) is 4.60. The minimum absolute atomic E-state index is 0.0944. The molecule has 4 N–H and O–H groups in total. The van der Waals surface area contributed by atoms with E-state index in [2.05, 4.69) is 22.4 Å². The fourth-order valence-corrected chi connectivity index (χ4v) is 1.47. The van der Waals surface area contributed by atoms with Gasteiger partial charge in [-0.25, -0.2) is 24.4 Å². The molecule has 0 unspecified atom stereocenters. The molecule has 0 saturated carbocycles. The maximum absolute atomic E-state index is 11.4. The van der Waals surface area contributed by atoms with Crippen LogP contribution in [-0.4, -0.2) is 26.4 Å². The number of nitrogens with two attached hydrogens (primary N) is 1. The van der Waals surface area contributed by atoms with E-state index in [1.165, 1.54) is 0 Å². The van der Waals surface area contributed by atoms with Gasteiger partial charge in [0.1, 0.15) is 17.3 Å². The first-order valence-electron chi connectivity index (χ1n) is 4.99. The smallest absolute Gasteiger partial charge is 0.348 e. The van der Waals surface area contributed by atoms with Crippen LogP contribution in [0.2, 0.25) is 0 Å². The van der Waals surface area contributed by atoms with Gasteiger partial charge in [0, 0.05) is 6.07 Å². The van der Waals surface area contributed by atoms with Crippen LogP contribution in [-0.2, 0) is 0 Å². The molecule has 7 nitrogen and oxygen atoms in total. The van der Waals surface area contributed by atoms with Crippen LogP contribution in [0.25, 0.3) is 5.69 Å². The van der Waals surface area contributed by atoms with Gasteiger partial charge in [0.25, 0.3) is 0 Å². The van der Waals surface area contributed by atoms with Crippen LogP contribution in [0, 0.1) is 0 Å². The summed E-state index contributed by atoms with van der Waals surface area (Å²) in [4.78, 5) is 23.0. The van der Waals surface area contributed by atoms with Crippen molar-refractivity contribution in [2.45, 2.75) is 0 Å². The molecule has 0 bridgehead atoms. The number of H-pyrrole nitrogens is 2. The third-order valence-corrected chi connectivity index (χ3v) is 2.26. The van der Waals surface area contributed by atoms with E-state index in [1.54, 1.807) is 24.3 Å². The number of aromatic amines is 2. The zero-order chi connectivity index (χ0) is 13.1. The highest BCUT2D eigenvalue weighted by atomic mass is 32.1. The lowest BCUT2D eigenvalue weighted by Crippen LogP contribution is -2.24. The Labute approximate surface area is 106 Å². The van der Waals surface area contributed by atoms with Gasteiger partial charge in [-0.15, -0.1) is 0 Å². The molecule has 0 aliphatic heterocycles. The van der Waals surface area contributed by atoms with Gasteiger partial charge in [0.2, 0.25) is 0 Å². The molecule has 0 fully saturated rings. The largest absolute Gasteiger partial charge is 0.486 e. The van der Waals surface area contributed by atoms with E-state index in [9.17, 15) is 9.59 Å². The van der Waals surface area contributed by atoms with Crippen LogP contribution >= 0.6 is 12.2 Å². The molecule has 2 rings (SSSR count). The third-order valence-electron chi connectivity index (χ3n) is 2.14. The van der Waals surface area contributed by atoms with Crippen molar-refractivity contribution in [3.8, 4) is 11.4 Å². The van der Waals surface area contributed by atoms with Crippen LogP contribution < -0.4 is 21.9 Å². The fraction of sp³-hybridized carbons (Fsp3) is 0.100. The fourth-order valence-electron chi connectivity index (χ4n) is 1.41. The Balaban J connectivity index is 2.36. The molecule has 2 aromatic rings. The number of rotatable bonds is 4. The highest BCUT2D eigenvalue weighted by Crippen LogP contribution is 2.14. The molecule has 0 aliphatic rings. The van der Waals surface area contributed by atoms with Gasteiger partial charge < -0.3 is 10.5 Å².